The van der Waals surface area contributed by atoms with E-state index in [9.17, 15) is 0 Å². The number of hydrogen-bond donors (Lipinski definition) is 2. The van der Waals surface area contributed by atoms with Gasteiger partial charge in [0, 0.05) is 11.9 Å². The third-order valence-corrected chi connectivity index (χ3v) is 3.64. The van der Waals surface area contributed by atoms with Crippen LogP contribution >= 0.6 is 11.8 Å². The fourth-order valence-corrected chi connectivity index (χ4v) is 1.86. The number of rotatable bonds is 7. The van der Waals surface area contributed by atoms with E-state index in [0.717, 1.165) is 12.2 Å². The predicted octanol–water partition coefficient (Wildman–Crippen LogP) is 1.48. The summed E-state index contributed by atoms with van der Waals surface area (Å²) in [6.45, 7) is 4.35. The van der Waals surface area contributed by atoms with E-state index < -0.39 is 0 Å². The summed E-state index contributed by atoms with van der Waals surface area (Å²) in [5.74, 6) is 1.83. The monoisotopic (exact) mass is 245 g/mol. The third-order valence-electron chi connectivity index (χ3n) is 2.31. The minimum atomic E-state index is -0.361. The zero-order valence-corrected chi connectivity index (χ0v) is 10.5. The van der Waals surface area contributed by atoms with Crippen molar-refractivity contribution in [1.29, 1.82) is 0 Å². The Bertz CT molecular complexity index is 306. The van der Waals surface area contributed by atoms with Gasteiger partial charge in [-0.15, -0.1) is 0 Å². The van der Waals surface area contributed by atoms with Crippen molar-refractivity contribution < 1.29 is 9.63 Å². The second-order valence-corrected chi connectivity index (χ2v) is 5.12. The van der Waals surface area contributed by atoms with Crippen molar-refractivity contribution in [3.05, 3.63) is 11.7 Å². The minimum Gasteiger partial charge on any atom is -0.396 e. The van der Waals surface area contributed by atoms with Crippen LogP contribution in [0.1, 0.15) is 44.4 Å². The van der Waals surface area contributed by atoms with E-state index in [1.165, 1.54) is 0 Å². The summed E-state index contributed by atoms with van der Waals surface area (Å²) in [4.78, 5) is 4.20. The Labute approximate surface area is 99.8 Å². The van der Waals surface area contributed by atoms with Gasteiger partial charge in [0.05, 0.1) is 11.8 Å². The van der Waals surface area contributed by atoms with Crippen LogP contribution in [0.2, 0.25) is 0 Å². The third kappa shape index (κ3) is 4.11. The van der Waals surface area contributed by atoms with Crippen LogP contribution in [0.5, 0.6) is 0 Å². The van der Waals surface area contributed by atoms with Crippen LogP contribution in [0, 0.1) is 0 Å². The topological polar surface area (TPSA) is 85.2 Å². The summed E-state index contributed by atoms with van der Waals surface area (Å²) < 4.78 is 5.03. The van der Waals surface area contributed by atoms with Gasteiger partial charge < -0.3 is 15.4 Å². The molecule has 0 saturated carbocycles. The highest BCUT2D eigenvalue weighted by atomic mass is 32.2. The number of nitrogens with two attached hydrogens (primary N) is 1. The number of hydrogen-bond acceptors (Lipinski definition) is 6. The van der Waals surface area contributed by atoms with E-state index in [2.05, 4.69) is 24.0 Å². The molecule has 0 fully saturated rings. The molecule has 1 aromatic heterocycles. The highest BCUT2D eigenvalue weighted by Gasteiger charge is 2.14. The first-order valence-corrected chi connectivity index (χ1v) is 6.52. The lowest BCUT2D eigenvalue weighted by Gasteiger charge is -2.04. The van der Waals surface area contributed by atoms with Gasteiger partial charge in [0.2, 0.25) is 5.89 Å². The maximum Gasteiger partial charge on any atom is 0.243 e. The van der Waals surface area contributed by atoms with Crippen molar-refractivity contribution in [2.24, 2.45) is 5.73 Å². The molecule has 1 aromatic rings. The Morgan fingerprint density at radius 3 is 2.94 bits per heavy atom. The van der Waals surface area contributed by atoms with Gasteiger partial charge in [0.25, 0.3) is 0 Å². The average Bonchev–Trinajstić information content (AvgIpc) is 2.75. The van der Waals surface area contributed by atoms with Crippen LogP contribution in [0.15, 0.2) is 4.52 Å². The first-order chi connectivity index (χ1) is 7.67. The van der Waals surface area contributed by atoms with Crippen molar-refractivity contribution in [2.75, 3.05) is 6.61 Å². The Balaban J connectivity index is 2.45. The zero-order valence-electron chi connectivity index (χ0n) is 9.72. The number of nitrogens with zero attached hydrogens (tertiary/aromatic N) is 2. The van der Waals surface area contributed by atoms with Gasteiger partial charge in [-0.2, -0.15) is 16.7 Å². The molecule has 6 heteroatoms. The first kappa shape index (κ1) is 13.5. The quantitative estimate of drug-likeness (QED) is 0.757. The summed E-state index contributed by atoms with van der Waals surface area (Å²) >= 11 is 1.79. The molecule has 1 rings (SSSR count). The lowest BCUT2D eigenvalue weighted by atomic mass is 10.2. The Morgan fingerprint density at radius 1 is 1.56 bits per heavy atom. The molecule has 0 aromatic carbocycles. The number of aliphatic hydroxyl groups excluding tert-OH is 1. The summed E-state index contributed by atoms with van der Waals surface area (Å²) in [6, 6.07) is -0.361. The van der Waals surface area contributed by atoms with Crippen molar-refractivity contribution in [3.8, 4) is 0 Å². The molecule has 0 aliphatic rings. The fraction of sp³-hybridized carbons (Fsp3) is 0.800. The maximum atomic E-state index is 8.74. The van der Waals surface area contributed by atoms with Crippen molar-refractivity contribution in [1.82, 2.24) is 10.1 Å². The molecule has 16 heavy (non-hydrogen) atoms. The number of thioether (sulfide) groups is 1. The van der Waals surface area contributed by atoms with Crippen LogP contribution < -0.4 is 5.73 Å². The molecule has 0 radical (unpaired) electrons. The van der Waals surface area contributed by atoms with Crippen molar-refractivity contribution in [2.45, 2.75) is 43.7 Å². The van der Waals surface area contributed by atoms with Crippen molar-refractivity contribution >= 4 is 11.8 Å². The highest BCUT2D eigenvalue weighted by molar-refractivity contribution is 7.99. The SMILES string of the molecule is CCC(C)SCc1noc(C(N)CCO)n1. The summed E-state index contributed by atoms with van der Waals surface area (Å²) in [6.07, 6.45) is 1.57. The van der Waals surface area contributed by atoms with Crippen LogP contribution in [0.4, 0.5) is 0 Å². The fourth-order valence-electron chi connectivity index (χ4n) is 1.07. The molecular formula is C10H19N3O2S. The van der Waals surface area contributed by atoms with Crippen LogP contribution in [-0.4, -0.2) is 27.1 Å². The Hall–Kier alpha value is -0.590. The maximum absolute atomic E-state index is 8.74. The van der Waals surface area contributed by atoms with Gasteiger partial charge in [-0.05, 0) is 12.8 Å². The van der Waals surface area contributed by atoms with Gasteiger partial charge >= 0.3 is 0 Å². The molecule has 0 bridgehead atoms. The largest absolute Gasteiger partial charge is 0.396 e. The second-order valence-electron chi connectivity index (χ2n) is 3.70. The Morgan fingerprint density at radius 2 is 2.31 bits per heavy atom. The molecule has 1 heterocycles. The number of aliphatic hydroxyl groups is 1. The van der Waals surface area contributed by atoms with Gasteiger partial charge in [0.1, 0.15) is 0 Å². The second kappa shape index (κ2) is 6.88. The smallest absolute Gasteiger partial charge is 0.243 e. The molecule has 0 saturated heterocycles. The summed E-state index contributed by atoms with van der Waals surface area (Å²) in [7, 11) is 0. The average molecular weight is 245 g/mol. The summed E-state index contributed by atoms with van der Waals surface area (Å²) in [5.41, 5.74) is 5.74. The van der Waals surface area contributed by atoms with Gasteiger partial charge in [-0.1, -0.05) is 19.0 Å². The van der Waals surface area contributed by atoms with Crippen molar-refractivity contribution in [3.63, 3.8) is 0 Å². The molecule has 2 atom stereocenters. The van der Waals surface area contributed by atoms with Crippen LogP contribution in [0.25, 0.3) is 0 Å². The van der Waals surface area contributed by atoms with Gasteiger partial charge in [-0.25, -0.2) is 0 Å². The lowest BCUT2D eigenvalue weighted by molar-refractivity contribution is 0.259. The first-order valence-electron chi connectivity index (χ1n) is 5.47. The van der Waals surface area contributed by atoms with Crippen LogP contribution in [0.3, 0.4) is 0 Å². The van der Waals surface area contributed by atoms with E-state index in [4.69, 9.17) is 15.4 Å². The van der Waals surface area contributed by atoms with E-state index in [1.54, 1.807) is 11.8 Å². The minimum absolute atomic E-state index is 0.0283. The normalized spacial score (nSPS) is 15.0. The van der Waals surface area contributed by atoms with Gasteiger partial charge in [0.15, 0.2) is 5.82 Å². The molecule has 5 nitrogen and oxygen atoms in total. The molecular weight excluding hydrogens is 226 g/mol. The molecule has 0 aliphatic heterocycles. The van der Waals surface area contributed by atoms with E-state index >= 15 is 0 Å². The lowest BCUT2D eigenvalue weighted by Crippen LogP contribution is -2.12. The van der Waals surface area contributed by atoms with E-state index in [0.29, 0.717) is 23.4 Å². The molecule has 0 amide bonds. The summed E-state index contributed by atoms with van der Waals surface area (Å²) in [5, 5.41) is 13.2. The molecule has 2 unspecified atom stereocenters. The molecule has 3 N–H and O–H groups in total. The molecule has 92 valence electrons. The van der Waals surface area contributed by atoms with E-state index in [-0.39, 0.29) is 12.6 Å². The predicted molar refractivity (Wildman–Crippen MR) is 64.0 cm³/mol. The zero-order chi connectivity index (χ0) is 12.0. The molecule has 0 aliphatic carbocycles. The number of aromatic nitrogens is 2. The molecule has 0 spiro atoms. The highest BCUT2D eigenvalue weighted by Crippen LogP contribution is 2.19. The Kier molecular flexibility index (Phi) is 5.79. The van der Waals surface area contributed by atoms with E-state index in [1.807, 2.05) is 0 Å². The standard InChI is InChI=1S/C10H19N3O2S/c1-3-7(2)16-6-9-12-10(15-13-9)8(11)4-5-14/h7-8,14H,3-6,11H2,1-2H3. The van der Waals surface area contributed by atoms with Crippen LogP contribution in [-0.2, 0) is 5.75 Å². The van der Waals surface area contributed by atoms with Gasteiger partial charge in [-0.3, -0.25) is 0 Å².